The molecule has 1 N–H and O–H groups in total. The summed E-state index contributed by atoms with van der Waals surface area (Å²) in [5, 5.41) is 3.35. The van der Waals surface area contributed by atoms with E-state index in [2.05, 4.69) is 36.1 Å². The summed E-state index contributed by atoms with van der Waals surface area (Å²) >= 11 is 0. The Morgan fingerprint density at radius 2 is 2.11 bits per heavy atom. The molecule has 1 heterocycles. The van der Waals surface area contributed by atoms with E-state index in [0.717, 1.165) is 30.2 Å². The quantitative estimate of drug-likeness (QED) is 0.695. The molecule has 108 valence electrons. The van der Waals surface area contributed by atoms with Crippen molar-refractivity contribution in [3.63, 3.8) is 0 Å². The van der Waals surface area contributed by atoms with Crippen molar-refractivity contribution in [2.24, 2.45) is 0 Å². The second-order valence-electron chi connectivity index (χ2n) is 4.71. The van der Waals surface area contributed by atoms with E-state index < -0.39 is 0 Å². The van der Waals surface area contributed by atoms with E-state index in [0.29, 0.717) is 25.7 Å². The summed E-state index contributed by atoms with van der Waals surface area (Å²) in [4.78, 5) is 8.92. The Balaban J connectivity index is 2.75. The molecule has 1 aromatic rings. The first-order chi connectivity index (χ1) is 9.19. The van der Waals surface area contributed by atoms with Gasteiger partial charge in [-0.2, -0.15) is 0 Å². The number of hydrogen-bond donors (Lipinski definition) is 1. The Bertz CT molecular complexity index is 370. The molecule has 0 aliphatic carbocycles. The molecule has 0 unspecified atom stereocenters. The Morgan fingerprint density at radius 1 is 1.32 bits per heavy atom. The largest absolute Gasteiger partial charge is 0.488 e. The molecule has 0 aliphatic rings. The zero-order valence-corrected chi connectivity index (χ0v) is 12.4. The minimum atomic E-state index is 0.318. The predicted octanol–water partition coefficient (Wildman–Crippen LogP) is 2.12. The van der Waals surface area contributed by atoms with Crippen molar-refractivity contribution in [3.8, 4) is 5.75 Å². The normalized spacial score (nSPS) is 11.0. The van der Waals surface area contributed by atoms with Gasteiger partial charge in [-0.3, -0.25) is 0 Å². The molecule has 0 aromatic carbocycles. The van der Waals surface area contributed by atoms with Gasteiger partial charge in [-0.1, -0.05) is 20.8 Å². The third kappa shape index (κ3) is 5.53. The van der Waals surface area contributed by atoms with Crippen LogP contribution in [0.15, 0.2) is 6.20 Å². The minimum Gasteiger partial charge on any atom is -0.488 e. The van der Waals surface area contributed by atoms with E-state index >= 15 is 0 Å². The number of methoxy groups -OCH3 is 1. The summed E-state index contributed by atoms with van der Waals surface area (Å²) in [6, 6.07) is 0. The monoisotopic (exact) mass is 267 g/mol. The van der Waals surface area contributed by atoms with Crippen molar-refractivity contribution in [1.29, 1.82) is 0 Å². The summed E-state index contributed by atoms with van der Waals surface area (Å²) in [6.45, 7) is 9.07. The molecule has 0 fully saturated rings. The van der Waals surface area contributed by atoms with Crippen LogP contribution in [0.2, 0.25) is 0 Å². The fourth-order valence-electron chi connectivity index (χ4n) is 1.57. The highest BCUT2D eigenvalue weighted by atomic mass is 16.5. The molecule has 0 amide bonds. The minimum absolute atomic E-state index is 0.318. The molecule has 0 aliphatic heterocycles. The molecule has 5 heteroatoms. The molecule has 19 heavy (non-hydrogen) atoms. The van der Waals surface area contributed by atoms with Crippen LogP contribution >= 0.6 is 0 Å². The van der Waals surface area contributed by atoms with Crippen LogP contribution in [0.3, 0.4) is 0 Å². The lowest BCUT2D eigenvalue weighted by Gasteiger charge is -2.13. The highest BCUT2D eigenvalue weighted by Crippen LogP contribution is 2.18. The second-order valence-corrected chi connectivity index (χ2v) is 4.71. The summed E-state index contributed by atoms with van der Waals surface area (Å²) in [7, 11) is 1.66. The Morgan fingerprint density at radius 3 is 2.74 bits per heavy atom. The van der Waals surface area contributed by atoms with Crippen molar-refractivity contribution in [1.82, 2.24) is 15.3 Å². The number of ether oxygens (including phenoxy) is 2. The number of hydrogen-bond acceptors (Lipinski definition) is 5. The average molecular weight is 267 g/mol. The molecule has 0 saturated carbocycles. The topological polar surface area (TPSA) is 56.3 Å². The van der Waals surface area contributed by atoms with Crippen molar-refractivity contribution in [2.75, 3.05) is 26.9 Å². The lowest BCUT2D eigenvalue weighted by molar-refractivity contribution is 0.145. The van der Waals surface area contributed by atoms with Crippen LogP contribution in [0.25, 0.3) is 0 Å². The lowest BCUT2D eigenvalue weighted by Crippen LogP contribution is -2.18. The van der Waals surface area contributed by atoms with E-state index in [1.165, 1.54) is 0 Å². The second kappa shape index (κ2) is 8.82. The van der Waals surface area contributed by atoms with Crippen LogP contribution in [0, 0.1) is 0 Å². The van der Waals surface area contributed by atoms with Gasteiger partial charge in [-0.05, 0) is 13.0 Å². The van der Waals surface area contributed by atoms with Gasteiger partial charge in [-0.15, -0.1) is 0 Å². The molecule has 1 aromatic heterocycles. The van der Waals surface area contributed by atoms with Crippen LogP contribution < -0.4 is 10.1 Å². The molecule has 0 radical (unpaired) electrons. The van der Waals surface area contributed by atoms with Crippen LogP contribution in [-0.4, -0.2) is 36.8 Å². The number of nitrogens with one attached hydrogen (secondary N) is 1. The zero-order valence-electron chi connectivity index (χ0n) is 12.4. The first-order valence-corrected chi connectivity index (χ1v) is 6.87. The summed E-state index contributed by atoms with van der Waals surface area (Å²) in [6.07, 6.45) is 2.86. The summed E-state index contributed by atoms with van der Waals surface area (Å²) in [5.74, 6) is 1.91. The fraction of sp³-hybridized carbons (Fsp3) is 0.714. The van der Waals surface area contributed by atoms with E-state index in [1.54, 1.807) is 13.3 Å². The Labute approximate surface area is 115 Å². The van der Waals surface area contributed by atoms with Crippen LogP contribution in [0.4, 0.5) is 0 Å². The highest BCUT2D eigenvalue weighted by Gasteiger charge is 2.10. The van der Waals surface area contributed by atoms with Gasteiger partial charge in [0.1, 0.15) is 12.4 Å². The van der Waals surface area contributed by atoms with Gasteiger partial charge < -0.3 is 14.8 Å². The lowest BCUT2D eigenvalue weighted by atomic mass is 10.2. The van der Waals surface area contributed by atoms with E-state index in [-0.39, 0.29) is 0 Å². The van der Waals surface area contributed by atoms with Gasteiger partial charge >= 0.3 is 0 Å². The highest BCUT2D eigenvalue weighted by molar-refractivity contribution is 5.25. The van der Waals surface area contributed by atoms with Gasteiger partial charge in [0.25, 0.3) is 0 Å². The molecule has 1 rings (SSSR count). The smallest absolute Gasteiger partial charge is 0.160 e. The van der Waals surface area contributed by atoms with Crippen molar-refractivity contribution in [3.05, 3.63) is 17.7 Å². The SMILES string of the molecule is CCCNCc1nc(C(C)C)ncc1OCCOC. The maximum Gasteiger partial charge on any atom is 0.160 e. The maximum absolute atomic E-state index is 5.65. The third-order valence-electron chi connectivity index (χ3n) is 2.63. The molecule has 5 nitrogen and oxygen atoms in total. The van der Waals surface area contributed by atoms with Crippen molar-refractivity contribution in [2.45, 2.75) is 39.7 Å². The van der Waals surface area contributed by atoms with E-state index in [1.807, 2.05) is 0 Å². The van der Waals surface area contributed by atoms with E-state index in [4.69, 9.17) is 9.47 Å². The molecular formula is C14H25N3O2. The van der Waals surface area contributed by atoms with E-state index in [9.17, 15) is 0 Å². The van der Waals surface area contributed by atoms with Crippen LogP contribution in [0.1, 0.15) is 44.6 Å². The summed E-state index contributed by atoms with van der Waals surface area (Å²) < 4.78 is 10.6. The van der Waals surface area contributed by atoms with Crippen LogP contribution in [0.5, 0.6) is 5.75 Å². The molecule has 0 spiro atoms. The Kier molecular flexibility index (Phi) is 7.36. The third-order valence-corrected chi connectivity index (χ3v) is 2.63. The number of aromatic nitrogens is 2. The fourth-order valence-corrected chi connectivity index (χ4v) is 1.57. The zero-order chi connectivity index (χ0) is 14.1. The standard InChI is InChI=1S/C14H25N3O2/c1-5-6-15-9-12-13(19-8-7-18-4)10-16-14(17-12)11(2)3/h10-11,15H,5-9H2,1-4H3. The summed E-state index contributed by atoms with van der Waals surface area (Å²) in [5.41, 5.74) is 0.920. The first-order valence-electron chi connectivity index (χ1n) is 6.87. The maximum atomic E-state index is 5.65. The van der Waals surface area contributed by atoms with Crippen molar-refractivity contribution < 1.29 is 9.47 Å². The molecular weight excluding hydrogens is 242 g/mol. The molecule has 0 saturated heterocycles. The Hall–Kier alpha value is -1.20. The van der Waals surface area contributed by atoms with Crippen molar-refractivity contribution >= 4 is 0 Å². The number of nitrogens with zero attached hydrogens (tertiary/aromatic N) is 2. The van der Waals surface area contributed by atoms with Crippen LogP contribution in [-0.2, 0) is 11.3 Å². The molecule has 0 atom stereocenters. The van der Waals surface area contributed by atoms with Gasteiger partial charge in [0.2, 0.25) is 0 Å². The van der Waals surface area contributed by atoms with Gasteiger partial charge in [0.05, 0.1) is 18.5 Å². The number of rotatable bonds is 9. The van der Waals surface area contributed by atoms with Gasteiger partial charge in [-0.25, -0.2) is 9.97 Å². The van der Waals surface area contributed by atoms with Gasteiger partial charge in [0, 0.05) is 19.6 Å². The van der Waals surface area contributed by atoms with Gasteiger partial charge in [0.15, 0.2) is 5.75 Å². The average Bonchev–Trinajstić information content (AvgIpc) is 2.40. The predicted molar refractivity (Wildman–Crippen MR) is 75.5 cm³/mol. The first kappa shape index (κ1) is 15.9. The molecule has 0 bridgehead atoms.